The van der Waals surface area contributed by atoms with Gasteiger partial charge in [-0.05, 0) is 36.4 Å². The summed E-state index contributed by atoms with van der Waals surface area (Å²) in [6.45, 7) is 0. The Morgan fingerprint density at radius 3 is 1.97 bits per heavy atom. The summed E-state index contributed by atoms with van der Waals surface area (Å²) in [5.74, 6) is 0.401. The first-order valence-electron chi connectivity index (χ1n) is 9.01. The SMILES string of the molecule is O=C(CSc1nnc(-c2ccccc2)o1)NN(c1ccccc1)c1ccccc1. The number of amides is 1. The molecule has 1 N–H and O–H groups in total. The molecule has 0 bridgehead atoms. The molecule has 1 amide bonds. The van der Waals surface area contributed by atoms with Crippen LogP contribution in [0.25, 0.3) is 11.5 Å². The van der Waals surface area contributed by atoms with E-state index in [1.807, 2.05) is 91.0 Å². The molecule has 0 spiro atoms. The summed E-state index contributed by atoms with van der Waals surface area (Å²) < 4.78 is 5.64. The topological polar surface area (TPSA) is 71.3 Å². The first-order valence-corrected chi connectivity index (χ1v) is 9.99. The second kappa shape index (κ2) is 9.07. The summed E-state index contributed by atoms with van der Waals surface area (Å²) in [6.07, 6.45) is 0. The second-order valence-corrected chi connectivity index (χ2v) is 7.00. The first kappa shape index (κ1) is 18.8. The van der Waals surface area contributed by atoms with Crippen LogP contribution >= 0.6 is 11.8 Å². The summed E-state index contributed by atoms with van der Waals surface area (Å²) >= 11 is 1.20. The minimum absolute atomic E-state index is 0.145. The molecule has 6 nitrogen and oxygen atoms in total. The number of hydrogen-bond acceptors (Lipinski definition) is 6. The van der Waals surface area contributed by atoms with Crippen molar-refractivity contribution in [1.82, 2.24) is 15.6 Å². The molecular weight excluding hydrogens is 384 g/mol. The van der Waals surface area contributed by atoms with Gasteiger partial charge >= 0.3 is 0 Å². The number of para-hydroxylation sites is 2. The summed E-state index contributed by atoms with van der Waals surface area (Å²) in [7, 11) is 0. The highest BCUT2D eigenvalue weighted by Crippen LogP contribution is 2.24. The highest BCUT2D eigenvalue weighted by Gasteiger charge is 2.15. The predicted octanol–water partition coefficient (Wildman–Crippen LogP) is 4.70. The van der Waals surface area contributed by atoms with Crippen LogP contribution in [-0.2, 0) is 4.79 Å². The van der Waals surface area contributed by atoms with Crippen molar-refractivity contribution in [3.63, 3.8) is 0 Å². The van der Waals surface area contributed by atoms with Crippen molar-refractivity contribution in [3.05, 3.63) is 91.0 Å². The molecule has 0 aliphatic carbocycles. The van der Waals surface area contributed by atoms with E-state index in [1.165, 1.54) is 11.8 Å². The number of carbonyl (C=O) groups excluding carboxylic acids is 1. The zero-order chi connectivity index (χ0) is 19.9. The van der Waals surface area contributed by atoms with E-state index in [9.17, 15) is 4.79 Å². The largest absolute Gasteiger partial charge is 0.411 e. The molecule has 4 aromatic rings. The van der Waals surface area contributed by atoms with E-state index in [1.54, 1.807) is 5.01 Å². The highest BCUT2D eigenvalue weighted by molar-refractivity contribution is 7.99. The van der Waals surface area contributed by atoms with E-state index < -0.39 is 0 Å². The minimum Gasteiger partial charge on any atom is -0.411 e. The molecule has 3 aromatic carbocycles. The zero-order valence-corrected chi connectivity index (χ0v) is 16.3. The third-order valence-electron chi connectivity index (χ3n) is 4.02. The number of benzene rings is 3. The number of nitrogens with one attached hydrogen (secondary N) is 1. The predicted molar refractivity (Wildman–Crippen MR) is 114 cm³/mol. The number of hydrazine groups is 1. The monoisotopic (exact) mass is 402 g/mol. The molecule has 29 heavy (non-hydrogen) atoms. The van der Waals surface area contributed by atoms with E-state index in [2.05, 4.69) is 15.6 Å². The maximum atomic E-state index is 12.6. The van der Waals surface area contributed by atoms with Crippen LogP contribution in [0.2, 0.25) is 0 Å². The number of anilines is 2. The summed E-state index contributed by atoms with van der Waals surface area (Å²) in [5, 5.41) is 10.2. The lowest BCUT2D eigenvalue weighted by molar-refractivity contribution is -0.118. The van der Waals surface area contributed by atoms with Crippen LogP contribution in [0.3, 0.4) is 0 Å². The molecule has 0 unspecified atom stereocenters. The molecule has 0 aliphatic rings. The van der Waals surface area contributed by atoms with Gasteiger partial charge in [0.05, 0.1) is 17.1 Å². The Hall–Kier alpha value is -3.58. The Balaban J connectivity index is 1.42. The molecule has 0 radical (unpaired) electrons. The Morgan fingerprint density at radius 2 is 1.38 bits per heavy atom. The van der Waals surface area contributed by atoms with Crippen molar-refractivity contribution in [2.24, 2.45) is 0 Å². The van der Waals surface area contributed by atoms with Crippen LogP contribution in [0, 0.1) is 0 Å². The minimum atomic E-state index is -0.179. The molecule has 7 heteroatoms. The molecule has 144 valence electrons. The van der Waals surface area contributed by atoms with Crippen LogP contribution in [-0.4, -0.2) is 21.9 Å². The van der Waals surface area contributed by atoms with Gasteiger partial charge in [0.25, 0.3) is 5.22 Å². The van der Waals surface area contributed by atoms with Crippen molar-refractivity contribution in [3.8, 4) is 11.5 Å². The van der Waals surface area contributed by atoms with Crippen molar-refractivity contribution >= 4 is 29.0 Å². The number of thioether (sulfide) groups is 1. The van der Waals surface area contributed by atoms with E-state index in [-0.39, 0.29) is 11.7 Å². The fourth-order valence-corrected chi connectivity index (χ4v) is 3.24. The maximum absolute atomic E-state index is 12.6. The molecule has 4 rings (SSSR count). The van der Waals surface area contributed by atoms with E-state index >= 15 is 0 Å². The Labute approximate surface area is 172 Å². The highest BCUT2D eigenvalue weighted by atomic mass is 32.2. The lowest BCUT2D eigenvalue weighted by Crippen LogP contribution is -2.39. The number of aromatic nitrogens is 2. The Morgan fingerprint density at radius 1 is 0.828 bits per heavy atom. The summed E-state index contributed by atoms with van der Waals surface area (Å²) in [6, 6.07) is 28.8. The average Bonchev–Trinajstić information content (AvgIpc) is 3.27. The summed E-state index contributed by atoms with van der Waals surface area (Å²) in [4.78, 5) is 12.6. The van der Waals surface area contributed by atoms with Crippen LogP contribution in [0.4, 0.5) is 11.4 Å². The van der Waals surface area contributed by atoms with Gasteiger partial charge in [0.2, 0.25) is 11.8 Å². The van der Waals surface area contributed by atoms with Crippen LogP contribution < -0.4 is 10.4 Å². The Kier molecular flexibility index (Phi) is 5.87. The van der Waals surface area contributed by atoms with Crippen molar-refractivity contribution < 1.29 is 9.21 Å². The van der Waals surface area contributed by atoms with Crippen molar-refractivity contribution in [2.45, 2.75) is 5.22 Å². The number of hydrogen-bond donors (Lipinski definition) is 1. The quantitative estimate of drug-likeness (QED) is 0.357. The number of rotatable bonds is 7. The van der Waals surface area contributed by atoms with E-state index in [0.717, 1.165) is 16.9 Å². The fourth-order valence-electron chi connectivity index (χ4n) is 2.68. The molecule has 0 fully saturated rings. The van der Waals surface area contributed by atoms with Gasteiger partial charge in [0.15, 0.2) is 0 Å². The fraction of sp³-hybridized carbons (Fsp3) is 0.0455. The number of carbonyl (C=O) groups is 1. The standard InChI is InChI=1S/C22H18N4O2S/c27-20(16-29-22-24-23-21(28-22)17-10-4-1-5-11-17)25-26(18-12-6-2-7-13-18)19-14-8-3-9-15-19/h1-15H,16H2,(H,25,27). The van der Waals surface area contributed by atoms with Gasteiger partial charge in [-0.2, -0.15) is 0 Å². The van der Waals surface area contributed by atoms with Crippen molar-refractivity contribution in [1.29, 1.82) is 0 Å². The molecule has 1 heterocycles. The Bertz CT molecular complexity index is 1020. The van der Waals surface area contributed by atoms with Gasteiger partial charge in [-0.1, -0.05) is 66.4 Å². The maximum Gasteiger partial charge on any atom is 0.277 e. The summed E-state index contributed by atoms with van der Waals surface area (Å²) in [5.41, 5.74) is 5.51. The van der Waals surface area contributed by atoms with Crippen LogP contribution in [0.5, 0.6) is 0 Å². The molecule has 0 saturated carbocycles. The van der Waals surface area contributed by atoms with Gasteiger partial charge < -0.3 is 4.42 Å². The lowest BCUT2D eigenvalue weighted by Gasteiger charge is -2.25. The van der Waals surface area contributed by atoms with E-state index in [0.29, 0.717) is 11.1 Å². The smallest absolute Gasteiger partial charge is 0.277 e. The molecular formula is C22H18N4O2S. The third-order valence-corrected chi connectivity index (χ3v) is 4.84. The van der Waals surface area contributed by atoms with Gasteiger partial charge in [-0.25, -0.2) is 0 Å². The zero-order valence-electron chi connectivity index (χ0n) is 15.4. The van der Waals surface area contributed by atoms with Gasteiger partial charge in [0.1, 0.15) is 0 Å². The van der Waals surface area contributed by atoms with E-state index in [4.69, 9.17) is 4.42 Å². The average molecular weight is 402 g/mol. The molecule has 0 saturated heterocycles. The van der Waals surface area contributed by atoms with Crippen LogP contribution in [0.15, 0.2) is 101 Å². The van der Waals surface area contributed by atoms with Gasteiger partial charge in [0, 0.05) is 5.56 Å². The molecule has 0 aliphatic heterocycles. The van der Waals surface area contributed by atoms with Crippen molar-refractivity contribution in [2.75, 3.05) is 10.8 Å². The molecule has 0 atom stereocenters. The lowest BCUT2D eigenvalue weighted by atomic mass is 10.2. The number of nitrogens with zero attached hydrogens (tertiary/aromatic N) is 3. The molecule has 1 aromatic heterocycles. The normalized spacial score (nSPS) is 10.5. The van der Waals surface area contributed by atoms with Gasteiger partial charge in [-0.15, -0.1) is 10.2 Å². The third kappa shape index (κ3) is 4.83. The second-order valence-electron chi connectivity index (χ2n) is 6.07. The van der Waals surface area contributed by atoms with Gasteiger partial charge in [-0.3, -0.25) is 15.2 Å². The van der Waals surface area contributed by atoms with Crippen LogP contribution in [0.1, 0.15) is 0 Å². The first-order chi connectivity index (χ1) is 14.3.